The fraction of sp³-hybridized carbons (Fsp3) is 0.562. The molecule has 2 unspecified atom stereocenters. The molecule has 2 nitrogen and oxygen atoms in total. The lowest BCUT2D eigenvalue weighted by molar-refractivity contribution is 0.0276. The van der Waals surface area contributed by atoms with Gasteiger partial charge in [-0.05, 0) is 44.6 Å². The summed E-state index contributed by atoms with van der Waals surface area (Å²) in [4.78, 5) is 12.5. The number of hydrogen-bond donors (Lipinski definition) is 1. The van der Waals surface area contributed by atoms with Gasteiger partial charge in [0.25, 0.3) is 0 Å². The SMILES string of the molecule is CCC(C)(O)CC1CCCc2ccccc2C1=O. The van der Waals surface area contributed by atoms with Gasteiger partial charge < -0.3 is 5.11 Å². The first kappa shape index (κ1) is 13.3. The smallest absolute Gasteiger partial charge is 0.166 e. The van der Waals surface area contributed by atoms with Gasteiger partial charge in [0.1, 0.15) is 0 Å². The van der Waals surface area contributed by atoms with Gasteiger partial charge in [-0.3, -0.25) is 4.79 Å². The number of carbonyl (C=O) groups is 1. The van der Waals surface area contributed by atoms with Gasteiger partial charge in [0.2, 0.25) is 0 Å². The van der Waals surface area contributed by atoms with Gasteiger partial charge in [-0.25, -0.2) is 0 Å². The Hall–Kier alpha value is -1.15. The van der Waals surface area contributed by atoms with Crippen LogP contribution in [0.15, 0.2) is 24.3 Å². The highest BCUT2D eigenvalue weighted by Crippen LogP contribution is 2.31. The van der Waals surface area contributed by atoms with E-state index in [2.05, 4.69) is 0 Å². The van der Waals surface area contributed by atoms with Crippen molar-refractivity contribution in [3.63, 3.8) is 0 Å². The van der Waals surface area contributed by atoms with Crippen molar-refractivity contribution >= 4 is 5.78 Å². The summed E-state index contributed by atoms with van der Waals surface area (Å²) in [6, 6.07) is 7.90. The van der Waals surface area contributed by atoms with Crippen LogP contribution in [0.2, 0.25) is 0 Å². The van der Waals surface area contributed by atoms with E-state index in [1.807, 2.05) is 38.1 Å². The molecule has 1 aliphatic rings. The molecule has 0 saturated heterocycles. The van der Waals surface area contributed by atoms with Gasteiger partial charge in [0.05, 0.1) is 5.60 Å². The van der Waals surface area contributed by atoms with Crippen LogP contribution in [0.3, 0.4) is 0 Å². The molecule has 2 rings (SSSR count). The molecule has 1 aromatic rings. The maximum absolute atomic E-state index is 12.5. The lowest BCUT2D eigenvalue weighted by Crippen LogP contribution is -2.30. The first-order valence-electron chi connectivity index (χ1n) is 6.88. The molecular formula is C16H22O2. The van der Waals surface area contributed by atoms with E-state index in [0.29, 0.717) is 12.8 Å². The van der Waals surface area contributed by atoms with Gasteiger partial charge in [-0.1, -0.05) is 31.2 Å². The Balaban J connectivity index is 2.23. The molecule has 0 saturated carbocycles. The van der Waals surface area contributed by atoms with Gasteiger partial charge in [0, 0.05) is 11.5 Å². The minimum absolute atomic E-state index is 0.0244. The van der Waals surface area contributed by atoms with E-state index in [4.69, 9.17) is 0 Å². The topological polar surface area (TPSA) is 37.3 Å². The molecule has 0 bridgehead atoms. The zero-order chi connectivity index (χ0) is 13.2. The second-order valence-corrected chi connectivity index (χ2v) is 5.67. The summed E-state index contributed by atoms with van der Waals surface area (Å²) in [5, 5.41) is 10.2. The Labute approximate surface area is 109 Å². The Kier molecular flexibility index (Phi) is 3.86. The van der Waals surface area contributed by atoms with Crippen LogP contribution in [-0.2, 0) is 6.42 Å². The van der Waals surface area contributed by atoms with Crippen LogP contribution < -0.4 is 0 Å². The third-order valence-electron chi connectivity index (χ3n) is 4.10. The van der Waals surface area contributed by atoms with Gasteiger partial charge in [-0.15, -0.1) is 0 Å². The molecule has 0 aromatic heterocycles. The Morgan fingerprint density at radius 1 is 1.39 bits per heavy atom. The maximum Gasteiger partial charge on any atom is 0.166 e. The number of aryl methyl sites for hydroxylation is 1. The highest BCUT2D eigenvalue weighted by molar-refractivity contribution is 5.99. The zero-order valence-electron chi connectivity index (χ0n) is 11.3. The predicted molar refractivity (Wildman–Crippen MR) is 72.7 cm³/mol. The number of ketones is 1. The van der Waals surface area contributed by atoms with Crippen LogP contribution in [0.25, 0.3) is 0 Å². The van der Waals surface area contributed by atoms with Crippen molar-refractivity contribution in [1.29, 1.82) is 0 Å². The number of fused-ring (bicyclic) bond motifs is 1. The molecule has 1 aliphatic carbocycles. The number of Topliss-reactive ketones (excluding diaryl/α,β-unsaturated/α-hetero) is 1. The van der Waals surface area contributed by atoms with Crippen LogP contribution in [0.1, 0.15) is 55.5 Å². The van der Waals surface area contributed by atoms with E-state index in [0.717, 1.165) is 24.8 Å². The van der Waals surface area contributed by atoms with E-state index >= 15 is 0 Å². The lowest BCUT2D eigenvalue weighted by atomic mass is 9.84. The second kappa shape index (κ2) is 5.23. The van der Waals surface area contributed by atoms with Crippen molar-refractivity contribution in [3.05, 3.63) is 35.4 Å². The molecule has 18 heavy (non-hydrogen) atoms. The Bertz CT molecular complexity index is 434. The highest BCUT2D eigenvalue weighted by Gasteiger charge is 2.31. The van der Waals surface area contributed by atoms with Crippen LogP contribution >= 0.6 is 0 Å². The van der Waals surface area contributed by atoms with Crippen molar-refractivity contribution in [2.75, 3.05) is 0 Å². The molecule has 0 spiro atoms. The van der Waals surface area contributed by atoms with Crippen molar-refractivity contribution in [3.8, 4) is 0 Å². The summed E-state index contributed by atoms with van der Waals surface area (Å²) < 4.78 is 0. The fourth-order valence-electron chi connectivity index (χ4n) is 2.74. The van der Waals surface area contributed by atoms with Crippen molar-refractivity contribution in [1.82, 2.24) is 0 Å². The first-order chi connectivity index (χ1) is 8.53. The van der Waals surface area contributed by atoms with Gasteiger partial charge in [-0.2, -0.15) is 0 Å². The standard InChI is InChI=1S/C16H22O2/c1-3-16(2,18)11-13-9-6-8-12-7-4-5-10-14(12)15(13)17/h4-5,7,10,13,18H,3,6,8-9,11H2,1-2H3. The molecule has 1 N–H and O–H groups in total. The molecule has 2 heteroatoms. The Morgan fingerprint density at radius 3 is 2.83 bits per heavy atom. The van der Waals surface area contributed by atoms with E-state index in [9.17, 15) is 9.90 Å². The molecule has 0 amide bonds. The highest BCUT2D eigenvalue weighted by atomic mass is 16.3. The van der Waals surface area contributed by atoms with Crippen molar-refractivity contribution in [2.24, 2.45) is 5.92 Å². The summed E-state index contributed by atoms with van der Waals surface area (Å²) in [5.41, 5.74) is 1.31. The minimum atomic E-state index is -0.723. The van der Waals surface area contributed by atoms with E-state index in [1.54, 1.807) is 0 Å². The second-order valence-electron chi connectivity index (χ2n) is 5.67. The molecule has 0 radical (unpaired) electrons. The molecule has 98 valence electrons. The van der Waals surface area contributed by atoms with Crippen molar-refractivity contribution in [2.45, 2.75) is 51.6 Å². The number of carbonyl (C=O) groups excluding carboxylic acids is 1. The fourth-order valence-corrected chi connectivity index (χ4v) is 2.74. The minimum Gasteiger partial charge on any atom is -0.390 e. The number of hydrogen-bond acceptors (Lipinski definition) is 2. The van der Waals surface area contributed by atoms with Crippen LogP contribution in [-0.4, -0.2) is 16.5 Å². The number of aliphatic hydroxyl groups is 1. The first-order valence-corrected chi connectivity index (χ1v) is 6.88. The quantitative estimate of drug-likeness (QED) is 0.830. The summed E-state index contributed by atoms with van der Waals surface area (Å²) in [6.07, 6.45) is 4.18. The average Bonchev–Trinajstić information content (AvgIpc) is 2.51. The molecular weight excluding hydrogens is 224 g/mol. The summed E-state index contributed by atoms with van der Waals surface area (Å²) in [5.74, 6) is 0.195. The number of benzene rings is 1. The largest absolute Gasteiger partial charge is 0.390 e. The average molecular weight is 246 g/mol. The van der Waals surface area contributed by atoms with E-state index in [-0.39, 0.29) is 11.7 Å². The van der Waals surface area contributed by atoms with E-state index in [1.165, 1.54) is 5.56 Å². The molecule has 2 atom stereocenters. The van der Waals surface area contributed by atoms with Gasteiger partial charge in [0.15, 0.2) is 5.78 Å². The monoisotopic (exact) mass is 246 g/mol. The molecule has 0 heterocycles. The predicted octanol–water partition coefficient (Wildman–Crippen LogP) is 3.37. The maximum atomic E-state index is 12.5. The summed E-state index contributed by atoms with van der Waals surface area (Å²) >= 11 is 0. The molecule has 0 aliphatic heterocycles. The van der Waals surface area contributed by atoms with Gasteiger partial charge >= 0.3 is 0 Å². The summed E-state index contributed by atoms with van der Waals surface area (Å²) in [7, 11) is 0. The Morgan fingerprint density at radius 2 is 2.11 bits per heavy atom. The normalized spacial score (nSPS) is 23.1. The number of rotatable bonds is 3. The third-order valence-corrected chi connectivity index (χ3v) is 4.10. The lowest BCUT2D eigenvalue weighted by Gasteiger charge is -2.26. The summed E-state index contributed by atoms with van der Waals surface area (Å²) in [6.45, 7) is 3.80. The third kappa shape index (κ3) is 2.81. The molecule has 1 aromatic carbocycles. The molecule has 0 fully saturated rings. The van der Waals surface area contributed by atoms with Crippen molar-refractivity contribution < 1.29 is 9.90 Å². The zero-order valence-corrected chi connectivity index (χ0v) is 11.3. The van der Waals surface area contributed by atoms with Crippen LogP contribution in [0.5, 0.6) is 0 Å². The van der Waals surface area contributed by atoms with Crippen LogP contribution in [0.4, 0.5) is 0 Å². The van der Waals surface area contributed by atoms with Crippen LogP contribution in [0, 0.1) is 5.92 Å². The van der Waals surface area contributed by atoms with E-state index < -0.39 is 5.60 Å².